The quantitative estimate of drug-likeness (QED) is 0.315. The molecule has 0 radical (unpaired) electrons. The van der Waals surface area contributed by atoms with Crippen LogP contribution in [0.1, 0.15) is 22.3 Å². The van der Waals surface area contributed by atoms with Crippen LogP contribution in [0.2, 0.25) is 0 Å². The average molecular weight is 268 g/mol. The van der Waals surface area contributed by atoms with Crippen LogP contribution in [0.3, 0.4) is 0 Å². The molecular formula is C10H14NaO5P. The van der Waals surface area contributed by atoms with E-state index in [1.54, 1.807) is 0 Å². The Morgan fingerprint density at radius 2 is 1.47 bits per heavy atom. The number of benzene rings is 1. The smallest absolute Gasteiger partial charge is 0.376 e. The van der Waals surface area contributed by atoms with Crippen molar-refractivity contribution < 1.29 is 53.6 Å². The van der Waals surface area contributed by atoms with Gasteiger partial charge in [-0.05, 0) is 6.92 Å². The molecule has 17 heavy (non-hydrogen) atoms. The number of carbonyl (C=O) groups excluding carboxylic acids is 1. The molecule has 3 N–H and O–H groups in total. The molecule has 0 spiro atoms. The van der Waals surface area contributed by atoms with E-state index in [4.69, 9.17) is 19.2 Å². The van der Waals surface area contributed by atoms with Crippen molar-refractivity contribution in [2.24, 2.45) is 0 Å². The van der Waals surface area contributed by atoms with Crippen LogP contribution >= 0.6 is 7.82 Å². The monoisotopic (exact) mass is 268 g/mol. The topological polar surface area (TPSA) is 94.8 Å². The Labute approximate surface area is 122 Å². The Kier molecular flexibility index (Phi) is 9.29. The van der Waals surface area contributed by atoms with Gasteiger partial charge in [-0.25, -0.2) is 4.57 Å². The summed E-state index contributed by atoms with van der Waals surface area (Å²) in [5, 5.41) is 0. The Morgan fingerprint density at radius 1 is 1.06 bits per heavy atom. The van der Waals surface area contributed by atoms with Crippen LogP contribution < -0.4 is 29.6 Å². The molecule has 0 atom stereocenters. The molecule has 0 aromatic heterocycles. The molecule has 0 amide bonds. The molecule has 1 aromatic carbocycles. The second-order valence-electron chi connectivity index (χ2n) is 3.30. The van der Waals surface area contributed by atoms with E-state index in [0.29, 0.717) is 5.56 Å². The minimum atomic E-state index is -4.64. The number of hydrogen-bond acceptors (Lipinski definition) is 2. The first-order chi connectivity index (χ1) is 7.16. The summed E-state index contributed by atoms with van der Waals surface area (Å²) in [5.41, 5.74) is 4.13. The van der Waals surface area contributed by atoms with Crippen LogP contribution in [0.15, 0.2) is 12.1 Å². The second kappa shape index (κ2) is 8.16. The molecule has 0 saturated heterocycles. The van der Waals surface area contributed by atoms with Crippen molar-refractivity contribution >= 4 is 14.1 Å². The largest absolute Gasteiger partial charge is 1.00 e. The van der Waals surface area contributed by atoms with Gasteiger partial charge >= 0.3 is 37.4 Å². The summed E-state index contributed by atoms with van der Waals surface area (Å²) < 4.78 is 8.88. The van der Waals surface area contributed by atoms with Crippen molar-refractivity contribution in [2.75, 3.05) is 0 Å². The fourth-order valence-electron chi connectivity index (χ4n) is 1.07. The fourth-order valence-corrected chi connectivity index (χ4v) is 1.07. The standard InChI is InChI=1S/C10H11O.Na.H3O4P/c1-7-4-5-10(6-11)9(3)8(7)2;;1-5(2,3)4/h4-5H,1-3H3;;(H3,1,2,3,4)/q-1;+1;. The van der Waals surface area contributed by atoms with Crippen molar-refractivity contribution in [1.82, 2.24) is 0 Å². The third kappa shape index (κ3) is 8.69. The van der Waals surface area contributed by atoms with Gasteiger partial charge in [0.25, 0.3) is 0 Å². The van der Waals surface area contributed by atoms with E-state index in [1.807, 2.05) is 39.2 Å². The molecule has 0 fully saturated rings. The molecule has 5 nitrogen and oxygen atoms in total. The Hall–Kier alpha value is -0.000000000000000222. The van der Waals surface area contributed by atoms with Gasteiger partial charge in [-0.15, -0.1) is 22.8 Å². The molecule has 0 bridgehead atoms. The van der Waals surface area contributed by atoms with Crippen LogP contribution in [0, 0.1) is 20.8 Å². The van der Waals surface area contributed by atoms with Crippen LogP contribution in [-0.2, 0) is 9.36 Å². The van der Waals surface area contributed by atoms with E-state index >= 15 is 0 Å². The van der Waals surface area contributed by atoms with Gasteiger partial charge in [0.15, 0.2) is 0 Å². The minimum absolute atomic E-state index is 0. The Balaban J connectivity index is 0. The van der Waals surface area contributed by atoms with Gasteiger partial charge < -0.3 is 19.5 Å². The van der Waals surface area contributed by atoms with Gasteiger partial charge in [-0.2, -0.15) is 6.07 Å². The van der Waals surface area contributed by atoms with Gasteiger partial charge in [0.05, 0.1) is 6.29 Å². The zero-order chi connectivity index (χ0) is 12.9. The first-order valence-corrected chi connectivity index (χ1v) is 5.96. The van der Waals surface area contributed by atoms with Crippen molar-refractivity contribution in [3.05, 3.63) is 34.4 Å². The van der Waals surface area contributed by atoms with Crippen molar-refractivity contribution in [1.29, 1.82) is 0 Å². The van der Waals surface area contributed by atoms with E-state index in [2.05, 4.69) is 0 Å². The van der Waals surface area contributed by atoms with E-state index in [0.717, 1.165) is 5.56 Å². The van der Waals surface area contributed by atoms with E-state index in [1.165, 1.54) is 11.1 Å². The SMILES string of the molecule is Cc1ccc([C-]=O)c(C)c1C.O=P(O)(O)O.[Na+]. The van der Waals surface area contributed by atoms with E-state index < -0.39 is 7.82 Å². The maximum atomic E-state index is 10.4. The van der Waals surface area contributed by atoms with Gasteiger partial charge in [0.1, 0.15) is 0 Å². The average Bonchev–Trinajstić information content (AvgIpc) is 2.12. The van der Waals surface area contributed by atoms with Crippen molar-refractivity contribution in [3.63, 3.8) is 0 Å². The number of aryl methyl sites for hydroxylation is 1. The third-order valence-electron chi connectivity index (χ3n) is 2.17. The molecule has 0 heterocycles. The molecule has 1 rings (SSSR count). The summed E-state index contributed by atoms with van der Waals surface area (Å²) in [5.74, 6) is 0. The van der Waals surface area contributed by atoms with Crippen LogP contribution in [0.25, 0.3) is 0 Å². The van der Waals surface area contributed by atoms with Crippen LogP contribution in [-0.4, -0.2) is 21.0 Å². The van der Waals surface area contributed by atoms with Crippen molar-refractivity contribution in [2.45, 2.75) is 20.8 Å². The van der Waals surface area contributed by atoms with Gasteiger partial charge in [0, 0.05) is 0 Å². The summed E-state index contributed by atoms with van der Waals surface area (Å²) in [4.78, 5) is 31.9. The van der Waals surface area contributed by atoms with Crippen molar-refractivity contribution in [3.8, 4) is 0 Å². The molecule has 0 unspecified atom stereocenters. The minimum Gasteiger partial charge on any atom is -0.376 e. The maximum absolute atomic E-state index is 10.4. The number of rotatable bonds is 1. The first-order valence-electron chi connectivity index (χ1n) is 4.40. The van der Waals surface area contributed by atoms with Gasteiger partial charge in [-0.1, -0.05) is 19.4 Å². The molecule has 0 aliphatic rings. The summed E-state index contributed by atoms with van der Waals surface area (Å²) >= 11 is 0. The van der Waals surface area contributed by atoms with Crippen LogP contribution in [0.5, 0.6) is 0 Å². The predicted octanol–water partition coefficient (Wildman–Crippen LogP) is -1.85. The maximum Gasteiger partial charge on any atom is 1.00 e. The fraction of sp³-hybridized carbons (Fsp3) is 0.300. The molecule has 0 saturated carbocycles. The molecule has 1 aromatic rings. The summed E-state index contributed by atoms with van der Waals surface area (Å²) in [6, 6.07) is 3.76. The Bertz CT molecular complexity index is 419. The zero-order valence-corrected chi connectivity index (χ0v) is 13.2. The normalized spacial score (nSPS) is 9.76. The van der Waals surface area contributed by atoms with Crippen LogP contribution in [0.4, 0.5) is 0 Å². The third-order valence-corrected chi connectivity index (χ3v) is 2.17. The Morgan fingerprint density at radius 3 is 1.82 bits per heavy atom. The van der Waals surface area contributed by atoms with E-state index in [-0.39, 0.29) is 29.6 Å². The predicted molar refractivity (Wildman–Crippen MR) is 59.7 cm³/mol. The molecular weight excluding hydrogens is 254 g/mol. The number of phosphoric acid groups is 1. The summed E-state index contributed by atoms with van der Waals surface area (Å²) in [6.45, 7) is 6.00. The molecule has 7 heteroatoms. The zero-order valence-electron chi connectivity index (χ0n) is 10.3. The first kappa shape index (κ1) is 19.3. The molecule has 0 aliphatic carbocycles. The molecule has 90 valence electrons. The van der Waals surface area contributed by atoms with Gasteiger partial charge in [-0.3, -0.25) is 0 Å². The summed E-state index contributed by atoms with van der Waals surface area (Å²) in [6.07, 6.45) is 1.91. The summed E-state index contributed by atoms with van der Waals surface area (Å²) in [7, 11) is -4.64. The molecule has 0 aliphatic heterocycles. The number of hydrogen-bond donors (Lipinski definition) is 3. The van der Waals surface area contributed by atoms with E-state index in [9.17, 15) is 4.79 Å². The second-order valence-corrected chi connectivity index (χ2v) is 4.32. The van der Waals surface area contributed by atoms with Gasteiger partial charge in [0.2, 0.25) is 0 Å².